The number of nitrogens with one attached hydrogen (secondary N) is 2. The largest absolute Gasteiger partial charge is 0.480 e. The summed E-state index contributed by atoms with van der Waals surface area (Å²) in [4.78, 5) is 23.4. The van der Waals surface area contributed by atoms with E-state index >= 15 is 0 Å². The van der Waals surface area contributed by atoms with Crippen LogP contribution in [0.1, 0.15) is 39.2 Å². The van der Waals surface area contributed by atoms with E-state index in [2.05, 4.69) is 10.6 Å². The van der Waals surface area contributed by atoms with Crippen molar-refractivity contribution in [3.05, 3.63) is 41.6 Å². The highest BCUT2D eigenvalue weighted by molar-refractivity contribution is 6.06. The van der Waals surface area contributed by atoms with Gasteiger partial charge in [-0.15, -0.1) is 0 Å². The van der Waals surface area contributed by atoms with Crippen LogP contribution < -0.4 is 10.6 Å². The smallest absolute Gasteiger partial charge is 0.326 e. The fraction of sp³-hybridized carbons (Fsp3) is 0.389. The van der Waals surface area contributed by atoms with E-state index in [9.17, 15) is 14.9 Å². The third kappa shape index (κ3) is 5.13. The molecule has 0 spiro atoms. The number of hydrogen-bond acceptors (Lipinski definition) is 4. The zero-order valence-electron chi connectivity index (χ0n) is 14.3. The van der Waals surface area contributed by atoms with Crippen LogP contribution in [0, 0.1) is 17.2 Å². The number of nitrogens with zero attached hydrogens (tertiary/aromatic N) is 1. The summed E-state index contributed by atoms with van der Waals surface area (Å²) in [6.07, 6.45) is 1.16. The molecule has 0 bridgehead atoms. The lowest BCUT2D eigenvalue weighted by Crippen LogP contribution is -2.38. The molecule has 0 saturated carbocycles. The Kier molecular flexibility index (Phi) is 6.99. The standard InChI is InChI=1S/C18H23N3O3/c1-11(2)14-7-5-6-8-15(14)21-17(22)13(9-19)10-20-16(12(3)4)18(23)24/h5-8,10-12,16,20H,1-4H3,(H,21,22)(H,23,24)/b13-10-. The van der Waals surface area contributed by atoms with Gasteiger partial charge in [0.05, 0.1) is 0 Å². The van der Waals surface area contributed by atoms with Crippen molar-refractivity contribution in [2.45, 2.75) is 39.7 Å². The molecule has 0 aromatic heterocycles. The van der Waals surface area contributed by atoms with Gasteiger partial charge in [0, 0.05) is 11.9 Å². The van der Waals surface area contributed by atoms with Gasteiger partial charge >= 0.3 is 5.97 Å². The van der Waals surface area contributed by atoms with E-state index in [1.807, 2.05) is 26.0 Å². The van der Waals surface area contributed by atoms with Crippen LogP contribution in [0.2, 0.25) is 0 Å². The number of carboxylic acid groups (broad SMARTS) is 1. The SMILES string of the molecule is CC(C)c1ccccc1NC(=O)/C(C#N)=C\NC(C(=O)O)C(C)C. The quantitative estimate of drug-likeness (QED) is 0.527. The Bertz CT molecular complexity index is 672. The van der Waals surface area contributed by atoms with E-state index < -0.39 is 17.9 Å². The first-order chi connectivity index (χ1) is 11.3. The summed E-state index contributed by atoms with van der Waals surface area (Å²) in [6, 6.07) is 8.29. The van der Waals surface area contributed by atoms with Crippen molar-refractivity contribution in [1.29, 1.82) is 5.26 Å². The average molecular weight is 329 g/mol. The third-order valence-corrected chi connectivity index (χ3v) is 3.54. The molecular weight excluding hydrogens is 306 g/mol. The predicted molar refractivity (Wildman–Crippen MR) is 92.3 cm³/mol. The van der Waals surface area contributed by atoms with Gasteiger partial charge in [0.25, 0.3) is 5.91 Å². The highest BCUT2D eigenvalue weighted by Crippen LogP contribution is 2.24. The predicted octanol–water partition coefficient (Wildman–Crippen LogP) is 2.85. The summed E-state index contributed by atoms with van der Waals surface area (Å²) < 4.78 is 0. The van der Waals surface area contributed by atoms with Crippen LogP contribution in [0.3, 0.4) is 0 Å². The van der Waals surface area contributed by atoms with Crippen LogP contribution in [0.4, 0.5) is 5.69 Å². The van der Waals surface area contributed by atoms with Crippen molar-refractivity contribution in [2.75, 3.05) is 5.32 Å². The molecule has 128 valence electrons. The Morgan fingerprint density at radius 1 is 1.21 bits per heavy atom. The molecule has 1 atom stereocenters. The molecule has 1 aromatic rings. The summed E-state index contributed by atoms with van der Waals surface area (Å²) in [5.41, 5.74) is 1.42. The highest BCUT2D eigenvalue weighted by Gasteiger charge is 2.21. The Balaban J connectivity index is 2.94. The second kappa shape index (κ2) is 8.73. The van der Waals surface area contributed by atoms with Gasteiger partial charge in [-0.1, -0.05) is 45.9 Å². The average Bonchev–Trinajstić information content (AvgIpc) is 2.50. The molecule has 0 heterocycles. The highest BCUT2D eigenvalue weighted by atomic mass is 16.4. The molecule has 1 rings (SSSR count). The number of anilines is 1. The first-order valence-corrected chi connectivity index (χ1v) is 7.77. The molecule has 0 aliphatic heterocycles. The molecule has 6 heteroatoms. The number of para-hydroxylation sites is 1. The van der Waals surface area contributed by atoms with Gasteiger partial charge in [0.15, 0.2) is 0 Å². The number of carbonyl (C=O) groups is 2. The third-order valence-electron chi connectivity index (χ3n) is 3.54. The Morgan fingerprint density at radius 2 is 1.83 bits per heavy atom. The Morgan fingerprint density at radius 3 is 2.33 bits per heavy atom. The van der Waals surface area contributed by atoms with Crippen molar-refractivity contribution < 1.29 is 14.7 Å². The van der Waals surface area contributed by atoms with Crippen LogP contribution >= 0.6 is 0 Å². The minimum atomic E-state index is -1.04. The van der Waals surface area contributed by atoms with E-state index in [0.717, 1.165) is 11.8 Å². The first-order valence-electron chi connectivity index (χ1n) is 7.77. The van der Waals surface area contributed by atoms with E-state index in [-0.39, 0.29) is 17.4 Å². The van der Waals surface area contributed by atoms with Gasteiger partial charge in [-0.3, -0.25) is 4.79 Å². The number of carboxylic acids is 1. The van der Waals surface area contributed by atoms with E-state index in [1.54, 1.807) is 32.0 Å². The number of aliphatic carboxylic acids is 1. The summed E-state index contributed by atoms with van der Waals surface area (Å²) >= 11 is 0. The zero-order valence-corrected chi connectivity index (χ0v) is 14.3. The number of amides is 1. The first kappa shape index (κ1) is 19.2. The Hall–Kier alpha value is -2.81. The van der Waals surface area contributed by atoms with Crippen LogP contribution in [0.5, 0.6) is 0 Å². The zero-order chi connectivity index (χ0) is 18.3. The van der Waals surface area contributed by atoms with Crippen LogP contribution in [0.15, 0.2) is 36.0 Å². The molecule has 1 amide bonds. The van der Waals surface area contributed by atoms with E-state index in [0.29, 0.717) is 5.69 Å². The van der Waals surface area contributed by atoms with Crippen molar-refractivity contribution in [2.24, 2.45) is 5.92 Å². The molecule has 0 saturated heterocycles. The Labute approximate surface area is 142 Å². The van der Waals surface area contributed by atoms with E-state index in [1.165, 1.54) is 0 Å². The van der Waals surface area contributed by atoms with Crippen molar-refractivity contribution in [3.8, 4) is 6.07 Å². The number of carbonyl (C=O) groups excluding carboxylic acids is 1. The van der Waals surface area contributed by atoms with Crippen LogP contribution in [-0.2, 0) is 9.59 Å². The molecule has 0 radical (unpaired) electrons. The molecule has 0 fully saturated rings. The minimum Gasteiger partial charge on any atom is -0.480 e. The molecule has 6 nitrogen and oxygen atoms in total. The van der Waals surface area contributed by atoms with Gasteiger partial charge in [0.2, 0.25) is 0 Å². The van der Waals surface area contributed by atoms with Gasteiger partial charge in [-0.2, -0.15) is 5.26 Å². The van der Waals surface area contributed by atoms with Gasteiger partial charge in [-0.25, -0.2) is 4.79 Å². The second-order valence-corrected chi connectivity index (χ2v) is 6.09. The van der Waals surface area contributed by atoms with E-state index in [4.69, 9.17) is 5.11 Å². The summed E-state index contributed by atoms with van der Waals surface area (Å²) in [5.74, 6) is -1.59. The molecule has 0 aliphatic carbocycles. The number of hydrogen-bond donors (Lipinski definition) is 3. The number of benzene rings is 1. The van der Waals surface area contributed by atoms with Crippen LogP contribution in [-0.4, -0.2) is 23.0 Å². The fourth-order valence-electron chi connectivity index (χ4n) is 2.17. The maximum absolute atomic E-state index is 12.3. The van der Waals surface area contributed by atoms with Gasteiger partial charge in [0.1, 0.15) is 17.7 Å². The van der Waals surface area contributed by atoms with Crippen LogP contribution in [0.25, 0.3) is 0 Å². The number of nitriles is 1. The summed E-state index contributed by atoms with van der Waals surface area (Å²) in [5, 5.41) is 23.6. The summed E-state index contributed by atoms with van der Waals surface area (Å²) in [7, 11) is 0. The van der Waals surface area contributed by atoms with Crippen molar-refractivity contribution in [1.82, 2.24) is 5.32 Å². The maximum atomic E-state index is 12.3. The monoisotopic (exact) mass is 329 g/mol. The normalized spacial score (nSPS) is 12.6. The molecule has 1 aromatic carbocycles. The lowest BCUT2D eigenvalue weighted by atomic mass is 10.0. The van der Waals surface area contributed by atoms with Crippen molar-refractivity contribution in [3.63, 3.8) is 0 Å². The molecule has 0 aliphatic rings. The van der Waals surface area contributed by atoms with Crippen molar-refractivity contribution >= 4 is 17.6 Å². The molecular formula is C18H23N3O3. The second-order valence-electron chi connectivity index (χ2n) is 6.09. The lowest BCUT2D eigenvalue weighted by molar-refractivity contribution is -0.140. The molecule has 3 N–H and O–H groups in total. The summed E-state index contributed by atoms with van der Waals surface area (Å²) in [6.45, 7) is 7.50. The lowest BCUT2D eigenvalue weighted by Gasteiger charge is -2.17. The van der Waals surface area contributed by atoms with Gasteiger partial charge < -0.3 is 15.7 Å². The fourth-order valence-corrected chi connectivity index (χ4v) is 2.17. The minimum absolute atomic E-state index is 0.180. The van der Waals surface area contributed by atoms with Gasteiger partial charge in [-0.05, 0) is 23.5 Å². The molecule has 24 heavy (non-hydrogen) atoms. The topological polar surface area (TPSA) is 102 Å². The molecule has 1 unspecified atom stereocenters. The maximum Gasteiger partial charge on any atom is 0.326 e. The number of rotatable bonds is 7.